The Hall–Kier alpha value is -5.57. The number of fused-ring (bicyclic) bond motifs is 6. The van der Waals surface area contributed by atoms with E-state index in [1.165, 1.54) is 25.3 Å². The van der Waals surface area contributed by atoms with Crippen LogP contribution in [0.4, 0.5) is 4.39 Å². The maximum absolute atomic E-state index is 14.7. The van der Waals surface area contributed by atoms with E-state index < -0.39 is 36.4 Å². The maximum atomic E-state index is 14.7. The zero-order valence-electron chi connectivity index (χ0n) is 25.3. The lowest BCUT2D eigenvalue weighted by molar-refractivity contribution is -0.136. The van der Waals surface area contributed by atoms with E-state index >= 15 is 0 Å². The van der Waals surface area contributed by atoms with Crippen molar-refractivity contribution in [2.24, 2.45) is 0 Å². The molecule has 0 radical (unpaired) electrons. The predicted molar refractivity (Wildman–Crippen MR) is 165 cm³/mol. The van der Waals surface area contributed by atoms with E-state index in [9.17, 15) is 24.0 Å². The number of halogens is 1. The number of nitrogens with zero attached hydrogens (tertiary/aromatic N) is 3. The Morgan fingerprint density at radius 1 is 1.15 bits per heavy atom. The zero-order valence-corrected chi connectivity index (χ0v) is 25.3. The molecular formula is C34H32FN5O6. The van der Waals surface area contributed by atoms with E-state index in [0.29, 0.717) is 35.5 Å². The van der Waals surface area contributed by atoms with Gasteiger partial charge in [0.05, 0.1) is 24.2 Å². The Morgan fingerprint density at radius 2 is 1.98 bits per heavy atom. The number of para-hydroxylation sites is 1. The number of ether oxygens (including phenoxy) is 3. The summed E-state index contributed by atoms with van der Waals surface area (Å²) in [6, 6.07) is 17.8. The highest BCUT2D eigenvalue weighted by Gasteiger charge is 2.35. The summed E-state index contributed by atoms with van der Waals surface area (Å²) in [5, 5.41) is 16.2. The largest absolute Gasteiger partial charge is 0.493 e. The predicted octanol–water partition coefficient (Wildman–Crippen LogP) is 3.46. The molecule has 12 heteroatoms. The van der Waals surface area contributed by atoms with Crippen LogP contribution in [0.1, 0.15) is 33.6 Å². The van der Waals surface area contributed by atoms with Crippen molar-refractivity contribution in [3.63, 3.8) is 0 Å². The fourth-order valence-corrected chi connectivity index (χ4v) is 6.02. The molecule has 1 saturated heterocycles. The Kier molecular flexibility index (Phi) is 8.48. The van der Waals surface area contributed by atoms with Gasteiger partial charge in [0.2, 0.25) is 5.91 Å². The van der Waals surface area contributed by atoms with Gasteiger partial charge >= 0.3 is 0 Å². The molecule has 3 aromatic carbocycles. The second kappa shape index (κ2) is 12.8. The molecule has 11 nitrogen and oxygen atoms in total. The lowest BCUT2D eigenvalue weighted by Crippen LogP contribution is -2.59. The number of hydrogen-bond acceptors (Lipinski definition) is 7. The first kappa shape index (κ1) is 30.5. The normalized spacial score (nSPS) is 18.3. The number of nitrogens with one attached hydrogen (secondary N) is 2. The van der Waals surface area contributed by atoms with Gasteiger partial charge in [0.25, 0.3) is 11.8 Å². The van der Waals surface area contributed by atoms with Gasteiger partial charge in [0.15, 0.2) is 18.1 Å². The summed E-state index contributed by atoms with van der Waals surface area (Å²) in [6.45, 7) is 1.95. The van der Waals surface area contributed by atoms with Crippen LogP contribution >= 0.6 is 0 Å². The fraction of sp³-hybridized carbons (Fsp3) is 0.294. The molecule has 6 rings (SSSR count). The molecule has 3 amide bonds. The van der Waals surface area contributed by atoms with Gasteiger partial charge in [-0.05, 0) is 48.9 Å². The van der Waals surface area contributed by atoms with Gasteiger partial charge in [0, 0.05) is 48.8 Å². The van der Waals surface area contributed by atoms with Crippen molar-refractivity contribution in [2.75, 3.05) is 26.8 Å². The van der Waals surface area contributed by atoms with Crippen molar-refractivity contribution in [3.05, 3.63) is 88.9 Å². The molecule has 1 aromatic heterocycles. The van der Waals surface area contributed by atoms with Crippen LogP contribution in [0.3, 0.4) is 0 Å². The highest BCUT2D eigenvalue weighted by atomic mass is 19.1. The first-order valence-corrected chi connectivity index (χ1v) is 14.8. The summed E-state index contributed by atoms with van der Waals surface area (Å²) < 4.78 is 33.8. The molecule has 2 aliphatic heterocycles. The lowest BCUT2D eigenvalue weighted by Gasteiger charge is -2.39. The molecule has 0 aliphatic carbocycles. The van der Waals surface area contributed by atoms with Gasteiger partial charge in [-0.2, -0.15) is 5.26 Å². The number of methoxy groups -OCH3 is 1. The highest BCUT2D eigenvalue weighted by Crippen LogP contribution is 2.29. The van der Waals surface area contributed by atoms with Crippen LogP contribution in [0.2, 0.25) is 0 Å². The summed E-state index contributed by atoms with van der Waals surface area (Å²) >= 11 is 0. The molecule has 2 aliphatic rings. The number of carbonyl (C=O) groups is 3. The minimum atomic E-state index is -0.654. The van der Waals surface area contributed by atoms with Gasteiger partial charge < -0.3 is 34.3 Å². The molecule has 46 heavy (non-hydrogen) atoms. The van der Waals surface area contributed by atoms with E-state index in [-0.39, 0.29) is 42.6 Å². The van der Waals surface area contributed by atoms with Gasteiger partial charge in [0.1, 0.15) is 30.3 Å². The Morgan fingerprint density at radius 3 is 2.78 bits per heavy atom. The number of nitriles is 1. The number of rotatable bonds is 3. The summed E-state index contributed by atoms with van der Waals surface area (Å²) in [5.74, 6) is -0.852. The van der Waals surface area contributed by atoms with E-state index in [0.717, 1.165) is 10.9 Å². The third-order valence-corrected chi connectivity index (χ3v) is 8.34. The van der Waals surface area contributed by atoms with Crippen LogP contribution in [-0.4, -0.2) is 66.1 Å². The third kappa shape index (κ3) is 6.17. The molecule has 2 atom stereocenters. The SMILES string of the molecule is COc1ccc2cc1OCC(=O)N[C@@H]1CN(C(=O)Cn3c(C)c(C#N)c4ccccc43)CC[C@@H]1Oc1cc(F)cc(c1)CNC2=O. The molecule has 0 spiro atoms. The van der Waals surface area contributed by atoms with Crippen molar-refractivity contribution in [3.8, 4) is 23.3 Å². The Labute approximate surface area is 264 Å². The summed E-state index contributed by atoms with van der Waals surface area (Å²) in [5.41, 5.74) is 2.76. The smallest absolute Gasteiger partial charge is 0.258 e. The van der Waals surface area contributed by atoms with Crippen molar-refractivity contribution in [2.45, 2.75) is 38.6 Å². The van der Waals surface area contributed by atoms with Crippen molar-refractivity contribution >= 4 is 28.6 Å². The summed E-state index contributed by atoms with van der Waals surface area (Å²) in [7, 11) is 1.45. The zero-order chi connectivity index (χ0) is 32.4. The Balaban J connectivity index is 1.27. The molecule has 2 N–H and O–H groups in total. The van der Waals surface area contributed by atoms with Crippen LogP contribution in [0.25, 0.3) is 10.9 Å². The van der Waals surface area contributed by atoms with Gasteiger partial charge in [-0.1, -0.05) is 18.2 Å². The van der Waals surface area contributed by atoms with Crippen molar-refractivity contribution in [1.29, 1.82) is 5.26 Å². The number of carbonyl (C=O) groups excluding carboxylic acids is 3. The fourth-order valence-electron chi connectivity index (χ4n) is 6.02. The molecule has 1 fully saturated rings. The average molecular weight is 626 g/mol. The number of likely N-dealkylation sites (tertiary alicyclic amines) is 1. The third-order valence-electron chi connectivity index (χ3n) is 8.34. The quantitative estimate of drug-likeness (QED) is 0.356. The number of benzene rings is 3. The van der Waals surface area contributed by atoms with Crippen molar-refractivity contribution < 1.29 is 33.0 Å². The number of amides is 3. The summed E-state index contributed by atoms with van der Waals surface area (Å²) in [6.07, 6.45) is -0.243. The topological polar surface area (TPSA) is 135 Å². The van der Waals surface area contributed by atoms with Crippen molar-refractivity contribution in [1.82, 2.24) is 20.1 Å². The molecule has 236 valence electrons. The first-order chi connectivity index (χ1) is 22.2. The maximum Gasteiger partial charge on any atom is 0.258 e. The number of aromatic nitrogens is 1. The number of hydrogen-bond donors (Lipinski definition) is 2. The first-order valence-electron chi connectivity index (χ1n) is 14.8. The molecule has 0 saturated carbocycles. The minimum Gasteiger partial charge on any atom is -0.493 e. The monoisotopic (exact) mass is 625 g/mol. The molecule has 4 aromatic rings. The van der Waals surface area contributed by atoms with Gasteiger partial charge in [-0.3, -0.25) is 14.4 Å². The van der Waals surface area contributed by atoms with E-state index in [1.54, 1.807) is 23.1 Å². The highest BCUT2D eigenvalue weighted by molar-refractivity contribution is 5.95. The second-order valence-electron chi connectivity index (χ2n) is 11.3. The number of piperidine rings is 1. The van der Waals surface area contributed by atoms with Crippen LogP contribution in [0.5, 0.6) is 17.2 Å². The lowest BCUT2D eigenvalue weighted by atomic mass is 10.0. The van der Waals surface area contributed by atoms with E-state index in [2.05, 4.69) is 16.7 Å². The molecule has 4 bridgehead atoms. The van der Waals surface area contributed by atoms with Crippen LogP contribution in [0.15, 0.2) is 60.7 Å². The molecule has 3 heterocycles. The summed E-state index contributed by atoms with van der Waals surface area (Å²) in [4.78, 5) is 41.4. The van der Waals surface area contributed by atoms with Crippen LogP contribution in [-0.2, 0) is 22.7 Å². The second-order valence-corrected chi connectivity index (χ2v) is 11.3. The van der Waals surface area contributed by atoms with E-state index in [4.69, 9.17) is 14.2 Å². The van der Waals surface area contributed by atoms with Gasteiger partial charge in [-0.15, -0.1) is 0 Å². The van der Waals surface area contributed by atoms with Gasteiger partial charge in [-0.25, -0.2) is 4.39 Å². The average Bonchev–Trinajstić information content (AvgIpc) is 3.32. The van der Waals surface area contributed by atoms with Crippen LogP contribution < -0.4 is 24.8 Å². The Bertz CT molecular complexity index is 1880. The van der Waals surface area contributed by atoms with E-state index in [1.807, 2.05) is 35.8 Å². The molecular weight excluding hydrogens is 593 g/mol. The van der Waals surface area contributed by atoms with Crippen LogP contribution in [0, 0.1) is 24.1 Å². The standard InChI is InChI=1S/C34H32FN5O6/c1-20-26(15-36)25-5-3-4-6-28(25)40(20)18-33(42)39-10-9-29-27(17-39)38-32(41)19-45-31-13-22(7-8-30(31)44-2)34(43)37-16-21-11-23(35)14-24(12-21)46-29/h3-8,11-14,27,29H,9-10,16-19H2,1-2H3,(H,37,43)(H,38,41)/t27-,29+/m1/s1. The molecule has 0 unspecified atom stereocenters. The minimum absolute atomic E-state index is 0.0123.